The molecule has 1 saturated carbocycles. The maximum absolute atomic E-state index is 9.26. The van der Waals surface area contributed by atoms with Crippen molar-refractivity contribution in [2.75, 3.05) is 7.11 Å². The molecule has 2 nitrogen and oxygen atoms in total. The van der Waals surface area contributed by atoms with E-state index in [9.17, 15) is 5.26 Å². The van der Waals surface area contributed by atoms with E-state index in [1.54, 1.807) is 7.11 Å². The molecule has 2 heteroatoms. The molecule has 0 aliphatic heterocycles. The van der Waals surface area contributed by atoms with Crippen LogP contribution in [0.1, 0.15) is 94.6 Å². The standard InChI is InChI=1S/C22H33NO/c1-3-4-5-6-7-8-9-18-10-12-19(13-11-18)20-14-15-22(24-2)21(16-20)17-23/h14-16,18-19H,3-13H2,1-2H3. The second kappa shape index (κ2) is 10.4. The monoisotopic (exact) mass is 327 g/mol. The first-order valence-corrected chi connectivity index (χ1v) is 9.86. The second-order valence-electron chi connectivity index (χ2n) is 7.35. The molecule has 0 unspecified atom stereocenters. The smallest absolute Gasteiger partial charge is 0.136 e. The first kappa shape index (κ1) is 18.8. The van der Waals surface area contributed by atoms with Crippen LogP contribution in [0.3, 0.4) is 0 Å². The Morgan fingerprint density at radius 1 is 1.04 bits per heavy atom. The van der Waals surface area contributed by atoms with E-state index in [0.29, 0.717) is 17.2 Å². The summed E-state index contributed by atoms with van der Waals surface area (Å²) < 4.78 is 5.25. The van der Waals surface area contributed by atoms with Crippen molar-refractivity contribution in [3.63, 3.8) is 0 Å². The number of hydrogen-bond donors (Lipinski definition) is 0. The Morgan fingerprint density at radius 2 is 1.75 bits per heavy atom. The summed E-state index contributed by atoms with van der Waals surface area (Å²) in [4.78, 5) is 0. The largest absolute Gasteiger partial charge is 0.495 e. The van der Waals surface area contributed by atoms with Gasteiger partial charge in [-0.15, -0.1) is 0 Å². The van der Waals surface area contributed by atoms with Crippen molar-refractivity contribution in [2.24, 2.45) is 5.92 Å². The lowest BCUT2D eigenvalue weighted by Crippen LogP contribution is -2.13. The van der Waals surface area contributed by atoms with Crippen LogP contribution in [0.4, 0.5) is 0 Å². The summed E-state index contributed by atoms with van der Waals surface area (Å²) in [5.41, 5.74) is 1.99. The summed E-state index contributed by atoms with van der Waals surface area (Å²) in [7, 11) is 1.63. The Bertz CT molecular complexity index is 523. The highest BCUT2D eigenvalue weighted by Crippen LogP contribution is 2.38. The fraction of sp³-hybridized carbons (Fsp3) is 0.682. The highest BCUT2D eigenvalue weighted by molar-refractivity contribution is 5.46. The molecule has 0 N–H and O–H groups in total. The SMILES string of the molecule is CCCCCCCCC1CCC(c2ccc(OC)c(C#N)c2)CC1. The molecule has 1 aromatic rings. The van der Waals surface area contributed by atoms with Gasteiger partial charge in [0, 0.05) is 0 Å². The molecule has 1 aliphatic carbocycles. The number of nitrogens with zero attached hydrogens (tertiary/aromatic N) is 1. The quantitative estimate of drug-likeness (QED) is 0.479. The molecule has 0 atom stereocenters. The van der Waals surface area contributed by atoms with Crippen LogP contribution < -0.4 is 4.74 Å². The van der Waals surface area contributed by atoms with Gasteiger partial charge in [-0.3, -0.25) is 0 Å². The van der Waals surface area contributed by atoms with E-state index < -0.39 is 0 Å². The van der Waals surface area contributed by atoms with Crippen molar-refractivity contribution in [1.82, 2.24) is 0 Å². The van der Waals surface area contributed by atoms with Gasteiger partial charge in [-0.1, -0.05) is 57.9 Å². The molecule has 2 rings (SSSR count). The molecule has 0 bridgehead atoms. The second-order valence-corrected chi connectivity index (χ2v) is 7.35. The normalized spacial score (nSPS) is 20.5. The summed E-state index contributed by atoms with van der Waals surface area (Å²) in [6, 6.07) is 8.40. The number of benzene rings is 1. The van der Waals surface area contributed by atoms with Crippen molar-refractivity contribution in [3.05, 3.63) is 29.3 Å². The fourth-order valence-corrected chi connectivity index (χ4v) is 4.06. The van der Waals surface area contributed by atoms with Gasteiger partial charge in [0.25, 0.3) is 0 Å². The molecule has 0 aromatic heterocycles. The number of ether oxygens (including phenoxy) is 1. The highest BCUT2D eigenvalue weighted by atomic mass is 16.5. The molecule has 0 radical (unpaired) electrons. The highest BCUT2D eigenvalue weighted by Gasteiger charge is 2.22. The van der Waals surface area contributed by atoms with Gasteiger partial charge in [0.2, 0.25) is 0 Å². The van der Waals surface area contributed by atoms with E-state index in [4.69, 9.17) is 4.74 Å². The molecule has 24 heavy (non-hydrogen) atoms. The van der Waals surface area contributed by atoms with Gasteiger partial charge in [-0.05, 0) is 55.2 Å². The van der Waals surface area contributed by atoms with Crippen LogP contribution in [0.2, 0.25) is 0 Å². The van der Waals surface area contributed by atoms with Gasteiger partial charge >= 0.3 is 0 Å². The van der Waals surface area contributed by atoms with Crippen molar-refractivity contribution in [3.8, 4) is 11.8 Å². The first-order chi connectivity index (χ1) is 11.8. The number of unbranched alkanes of at least 4 members (excludes halogenated alkanes) is 5. The predicted octanol–water partition coefficient (Wildman–Crippen LogP) is 6.59. The van der Waals surface area contributed by atoms with Gasteiger partial charge in [0.1, 0.15) is 11.8 Å². The van der Waals surface area contributed by atoms with Crippen LogP contribution in [0.25, 0.3) is 0 Å². The summed E-state index contributed by atoms with van der Waals surface area (Å²) in [5.74, 6) is 2.25. The van der Waals surface area contributed by atoms with Crippen LogP contribution in [-0.2, 0) is 0 Å². The lowest BCUT2D eigenvalue weighted by molar-refractivity contribution is 0.301. The minimum absolute atomic E-state index is 0.629. The zero-order valence-electron chi connectivity index (χ0n) is 15.5. The molecule has 0 saturated heterocycles. The predicted molar refractivity (Wildman–Crippen MR) is 100 cm³/mol. The minimum atomic E-state index is 0.629. The first-order valence-electron chi connectivity index (χ1n) is 9.86. The van der Waals surface area contributed by atoms with Gasteiger partial charge < -0.3 is 4.74 Å². The minimum Gasteiger partial charge on any atom is -0.495 e. The van der Waals surface area contributed by atoms with Crippen molar-refractivity contribution < 1.29 is 4.74 Å². The number of nitriles is 1. The molecular formula is C22H33NO. The average Bonchev–Trinajstić information content (AvgIpc) is 2.64. The molecule has 132 valence electrons. The zero-order valence-corrected chi connectivity index (χ0v) is 15.5. The van der Waals surface area contributed by atoms with Crippen molar-refractivity contribution >= 4 is 0 Å². The van der Waals surface area contributed by atoms with Gasteiger partial charge in [0.15, 0.2) is 0 Å². The van der Waals surface area contributed by atoms with E-state index in [2.05, 4.69) is 19.1 Å². The van der Waals surface area contributed by atoms with Crippen LogP contribution in [0.15, 0.2) is 18.2 Å². The van der Waals surface area contributed by atoms with Crippen LogP contribution >= 0.6 is 0 Å². The molecule has 1 fully saturated rings. The Labute approximate surface area is 148 Å². The summed E-state index contributed by atoms with van der Waals surface area (Å²) in [5, 5.41) is 9.26. The lowest BCUT2D eigenvalue weighted by Gasteiger charge is -2.29. The van der Waals surface area contributed by atoms with E-state index >= 15 is 0 Å². The Balaban J connectivity index is 1.74. The molecule has 0 spiro atoms. The Morgan fingerprint density at radius 3 is 2.42 bits per heavy atom. The maximum atomic E-state index is 9.26. The van der Waals surface area contributed by atoms with Gasteiger partial charge in [-0.25, -0.2) is 0 Å². The topological polar surface area (TPSA) is 33.0 Å². The Hall–Kier alpha value is -1.49. The molecule has 0 amide bonds. The lowest BCUT2D eigenvalue weighted by atomic mass is 9.77. The van der Waals surface area contributed by atoms with Crippen LogP contribution in [0.5, 0.6) is 5.75 Å². The van der Waals surface area contributed by atoms with Gasteiger partial charge in [0.05, 0.1) is 12.7 Å². The van der Waals surface area contributed by atoms with Crippen molar-refractivity contribution in [2.45, 2.75) is 83.5 Å². The molecule has 1 aliphatic rings. The third kappa shape index (κ3) is 5.55. The third-order valence-corrected chi connectivity index (χ3v) is 5.63. The van der Waals surface area contributed by atoms with E-state index in [1.807, 2.05) is 12.1 Å². The van der Waals surface area contributed by atoms with E-state index in [1.165, 1.54) is 76.2 Å². The number of rotatable bonds is 9. The number of hydrogen-bond acceptors (Lipinski definition) is 2. The van der Waals surface area contributed by atoms with Crippen molar-refractivity contribution in [1.29, 1.82) is 5.26 Å². The molecular weight excluding hydrogens is 294 g/mol. The zero-order chi connectivity index (χ0) is 17.2. The maximum Gasteiger partial charge on any atom is 0.136 e. The number of methoxy groups -OCH3 is 1. The summed E-state index contributed by atoms with van der Waals surface area (Å²) in [6.45, 7) is 2.28. The molecule has 0 heterocycles. The van der Waals surface area contributed by atoms with Crippen LogP contribution in [0, 0.1) is 17.2 Å². The average molecular weight is 328 g/mol. The van der Waals surface area contributed by atoms with Crippen LogP contribution in [-0.4, -0.2) is 7.11 Å². The van der Waals surface area contributed by atoms with E-state index in [0.717, 1.165) is 5.92 Å². The summed E-state index contributed by atoms with van der Waals surface area (Å²) >= 11 is 0. The third-order valence-electron chi connectivity index (χ3n) is 5.63. The molecule has 1 aromatic carbocycles. The Kier molecular flexibility index (Phi) is 8.16. The van der Waals surface area contributed by atoms with E-state index in [-0.39, 0.29) is 0 Å². The van der Waals surface area contributed by atoms with Gasteiger partial charge in [-0.2, -0.15) is 5.26 Å². The summed E-state index contributed by atoms with van der Waals surface area (Å²) in [6.07, 6.45) is 15.1. The fourth-order valence-electron chi connectivity index (χ4n) is 4.06.